The topological polar surface area (TPSA) is 6.48 Å². The van der Waals surface area contributed by atoms with Crippen molar-refractivity contribution in [2.45, 2.75) is 25.9 Å². The second kappa shape index (κ2) is 8.64. The van der Waals surface area contributed by atoms with Gasteiger partial charge in [0.15, 0.2) is 0 Å². The highest BCUT2D eigenvalue weighted by atomic mass is 33.1. The van der Waals surface area contributed by atoms with Gasteiger partial charge in [-0.15, -0.1) is 0 Å². The average Bonchev–Trinajstić information content (AvgIpc) is 3.11. The number of hydrogen-bond acceptors (Lipinski definition) is 4. The molecule has 0 unspecified atom stereocenters. The van der Waals surface area contributed by atoms with Crippen molar-refractivity contribution in [1.29, 1.82) is 0 Å². The van der Waals surface area contributed by atoms with Crippen LogP contribution >= 0.6 is 21.6 Å². The van der Waals surface area contributed by atoms with E-state index in [4.69, 9.17) is 0 Å². The largest absolute Gasteiger partial charge is 0.306 e. The molecule has 0 saturated heterocycles. The molecular formula is C18H26N2S2. The first-order valence-electron chi connectivity index (χ1n) is 7.60. The first-order valence-corrected chi connectivity index (χ1v) is 9.75. The molecule has 0 aromatic heterocycles. The molecule has 2 rings (SSSR count). The van der Waals surface area contributed by atoms with E-state index in [0.717, 1.165) is 0 Å². The van der Waals surface area contributed by atoms with Gasteiger partial charge in [-0.25, -0.2) is 0 Å². The summed E-state index contributed by atoms with van der Waals surface area (Å²) in [6.45, 7) is 4.51. The average molecular weight is 335 g/mol. The molecule has 2 aliphatic rings. The van der Waals surface area contributed by atoms with E-state index in [9.17, 15) is 0 Å². The van der Waals surface area contributed by atoms with Crippen LogP contribution in [0.4, 0.5) is 0 Å². The van der Waals surface area contributed by atoms with Gasteiger partial charge < -0.3 is 9.80 Å². The quantitative estimate of drug-likeness (QED) is 0.654. The number of hydrogen-bond donors (Lipinski definition) is 0. The van der Waals surface area contributed by atoms with Gasteiger partial charge in [-0.2, -0.15) is 0 Å². The summed E-state index contributed by atoms with van der Waals surface area (Å²) >= 11 is 0. The smallest absolute Gasteiger partial charge is 0.0542 e. The summed E-state index contributed by atoms with van der Waals surface area (Å²) < 4.78 is 0. The third-order valence-electron chi connectivity index (χ3n) is 4.29. The maximum Gasteiger partial charge on any atom is 0.0542 e. The summed E-state index contributed by atoms with van der Waals surface area (Å²) in [7, 11) is 12.3. The minimum atomic E-state index is 0.443. The van der Waals surface area contributed by atoms with Crippen LogP contribution in [0.3, 0.4) is 0 Å². The van der Waals surface area contributed by atoms with E-state index >= 15 is 0 Å². The van der Waals surface area contributed by atoms with Crippen LogP contribution in [0, 0.1) is 60.9 Å². The second-order valence-corrected chi connectivity index (χ2v) is 8.35. The van der Waals surface area contributed by atoms with Crippen LogP contribution in [0.15, 0.2) is 0 Å². The molecule has 2 nitrogen and oxygen atoms in total. The van der Waals surface area contributed by atoms with Crippen LogP contribution in [0.25, 0.3) is 0 Å². The summed E-state index contributed by atoms with van der Waals surface area (Å²) in [5.41, 5.74) is 0. The molecule has 120 valence electrons. The van der Waals surface area contributed by atoms with Crippen LogP contribution in [-0.2, 0) is 0 Å². The highest BCUT2D eigenvalue weighted by molar-refractivity contribution is 8.79. The Morgan fingerprint density at radius 1 is 0.682 bits per heavy atom. The lowest BCUT2D eigenvalue weighted by Crippen LogP contribution is -2.32. The van der Waals surface area contributed by atoms with Crippen LogP contribution in [0.1, 0.15) is 13.8 Å². The lowest BCUT2D eigenvalue weighted by molar-refractivity contribution is 0.333. The second-order valence-electron chi connectivity index (χ2n) is 6.14. The van der Waals surface area contributed by atoms with Crippen molar-refractivity contribution in [3.8, 4) is 0 Å². The van der Waals surface area contributed by atoms with E-state index in [2.05, 4.69) is 90.4 Å². The van der Waals surface area contributed by atoms with E-state index in [1.807, 2.05) is 21.6 Å². The van der Waals surface area contributed by atoms with Gasteiger partial charge in [0.25, 0.3) is 0 Å². The SMILES string of the molecule is C[C@@H]([C]1[CH][CH][CH][C]1SS[C]1[CH][CH][CH][C]1[C@H](C)N(C)C)N(C)C. The normalized spacial score (nSPS) is 25.6. The third-order valence-corrected chi connectivity index (χ3v) is 6.80. The molecule has 4 heteroatoms. The van der Waals surface area contributed by atoms with Gasteiger partial charge in [-0.3, -0.25) is 0 Å². The molecule has 2 saturated carbocycles. The molecule has 0 heterocycles. The Kier molecular flexibility index (Phi) is 7.44. The van der Waals surface area contributed by atoms with Gasteiger partial charge in [0.05, 0.1) is 10.5 Å². The lowest BCUT2D eigenvalue weighted by atomic mass is 9.99. The van der Waals surface area contributed by atoms with Crippen molar-refractivity contribution in [2.75, 3.05) is 28.2 Å². The monoisotopic (exact) mass is 334 g/mol. The van der Waals surface area contributed by atoms with Crippen molar-refractivity contribution in [1.82, 2.24) is 9.80 Å². The first-order chi connectivity index (χ1) is 10.4. The van der Waals surface area contributed by atoms with Crippen LogP contribution in [-0.4, -0.2) is 50.1 Å². The fourth-order valence-electron chi connectivity index (χ4n) is 2.32. The number of nitrogens with zero attached hydrogens (tertiary/aromatic N) is 2. The van der Waals surface area contributed by atoms with Gasteiger partial charge in [-0.1, -0.05) is 21.6 Å². The van der Waals surface area contributed by atoms with Gasteiger partial charge in [0.1, 0.15) is 0 Å². The van der Waals surface area contributed by atoms with E-state index in [-0.39, 0.29) is 0 Å². The molecule has 2 atom stereocenters. The Bertz CT molecular complexity index is 303. The lowest BCUT2D eigenvalue weighted by Gasteiger charge is -2.31. The summed E-state index contributed by atoms with van der Waals surface area (Å²) in [5.74, 6) is 2.83. The predicted molar refractivity (Wildman–Crippen MR) is 100 cm³/mol. The molecule has 0 amide bonds. The van der Waals surface area contributed by atoms with Crippen molar-refractivity contribution in [3.63, 3.8) is 0 Å². The van der Waals surface area contributed by atoms with Gasteiger partial charge in [0, 0.05) is 23.9 Å². The van der Waals surface area contributed by atoms with Crippen LogP contribution in [0.5, 0.6) is 0 Å². The minimum Gasteiger partial charge on any atom is -0.306 e. The summed E-state index contributed by atoms with van der Waals surface area (Å²) in [6.07, 6.45) is 13.2. The molecule has 22 heavy (non-hydrogen) atoms. The van der Waals surface area contributed by atoms with Crippen molar-refractivity contribution in [2.24, 2.45) is 0 Å². The van der Waals surface area contributed by atoms with Crippen molar-refractivity contribution < 1.29 is 0 Å². The molecular weight excluding hydrogens is 308 g/mol. The fraction of sp³-hybridized carbons (Fsp3) is 0.444. The zero-order chi connectivity index (χ0) is 16.3. The zero-order valence-electron chi connectivity index (χ0n) is 14.3. The molecule has 0 aliphatic heterocycles. The minimum absolute atomic E-state index is 0.443. The van der Waals surface area contributed by atoms with Crippen LogP contribution < -0.4 is 0 Å². The van der Waals surface area contributed by atoms with Crippen molar-refractivity contribution in [3.05, 3.63) is 60.9 Å². The van der Waals surface area contributed by atoms with E-state index in [0.29, 0.717) is 12.1 Å². The molecule has 2 fully saturated rings. The van der Waals surface area contributed by atoms with E-state index in [1.54, 1.807) is 0 Å². The maximum absolute atomic E-state index is 2.26. The van der Waals surface area contributed by atoms with Gasteiger partial charge >= 0.3 is 0 Å². The van der Waals surface area contributed by atoms with Crippen molar-refractivity contribution >= 4 is 21.6 Å². The number of rotatable bonds is 7. The molecule has 0 spiro atoms. The molecule has 0 aromatic rings. The summed E-state index contributed by atoms with van der Waals surface area (Å²) in [4.78, 5) is 4.51. The Labute approximate surface area is 146 Å². The standard InChI is InChI=1S/C18H26N2S2/c1-13(19(3)4)15-9-7-11-17(15)21-22-18-12-8-10-16(18)14(2)20(5)6/h7-14H,1-6H3/t13-,14-/m0/s1. The predicted octanol–water partition coefficient (Wildman–Crippen LogP) is 3.73. The molecule has 0 aromatic carbocycles. The Balaban J connectivity index is 1.86. The summed E-state index contributed by atoms with van der Waals surface area (Å²) in [5, 5.41) is 2.74. The molecule has 0 N–H and O–H groups in total. The highest BCUT2D eigenvalue weighted by Crippen LogP contribution is 2.56. The van der Waals surface area contributed by atoms with E-state index in [1.165, 1.54) is 22.3 Å². The molecule has 10 radical (unpaired) electrons. The van der Waals surface area contributed by atoms with E-state index < -0.39 is 0 Å². The Morgan fingerprint density at radius 2 is 1.05 bits per heavy atom. The highest BCUT2D eigenvalue weighted by Gasteiger charge is 2.39. The molecule has 0 bridgehead atoms. The van der Waals surface area contributed by atoms with Gasteiger partial charge in [-0.05, 0) is 80.6 Å². The van der Waals surface area contributed by atoms with Crippen LogP contribution in [0.2, 0.25) is 0 Å². The van der Waals surface area contributed by atoms with Gasteiger partial charge in [0.2, 0.25) is 0 Å². The first kappa shape index (κ1) is 19.0. The Hall–Kier alpha value is 0.620. The zero-order valence-corrected chi connectivity index (χ0v) is 16.0. The Morgan fingerprint density at radius 3 is 1.36 bits per heavy atom. The summed E-state index contributed by atoms with van der Waals surface area (Å²) in [6, 6.07) is 0.885. The molecule has 2 aliphatic carbocycles. The maximum atomic E-state index is 2.26. The fourth-order valence-corrected chi connectivity index (χ4v) is 4.89. The third kappa shape index (κ3) is 4.58.